The van der Waals surface area contributed by atoms with Crippen LogP contribution in [-0.2, 0) is 25.5 Å². The molecule has 8 nitrogen and oxygen atoms in total. The maximum absolute atomic E-state index is 12.3. The van der Waals surface area contributed by atoms with Crippen LogP contribution in [0.2, 0.25) is 0 Å². The van der Waals surface area contributed by atoms with Gasteiger partial charge < -0.3 is 25.8 Å². The lowest BCUT2D eigenvalue weighted by Gasteiger charge is -2.22. The SMILES string of the molecule is Cc1cccc(C[C@H](O)C=C[C@H]2CCC(=O)N2CCSCCCCOC(=O)CNC(=O)CN)c1. The Bertz CT molecular complexity index is 833. The second-order valence-electron chi connectivity index (χ2n) is 8.36. The van der Waals surface area contributed by atoms with E-state index in [2.05, 4.69) is 11.4 Å². The van der Waals surface area contributed by atoms with Crippen molar-refractivity contribution in [1.82, 2.24) is 10.2 Å². The van der Waals surface area contributed by atoms with Gasteiger partial charge in [0.2, 0.25) is 11.8 Å². The Balaban J connectivity index is 1.59. The summed E-state index contributed by atoms with van der Waals surface area (Å²) >= 11 is 1.77. The Hall–Kier alpha value is -2.36. The smallest absolute Gasteiger partial charge is 0.325 e. The van der Waals surface area contributed by atoms with Gasteiger partial charge in [-0.2, -0.15) is 11.8 Å². The maximum atomic E-state index is 12.3. The van der Waals surface area contributed by atoms with Gasteiger partial charge in [0.25, 0.3) is 0 Å². The summed E-state index contributed by atoms with van der Waals surface area (Å²) < 4.78 is 5.06. The van der Waals surface area contributed by atoms with Crippen LogP contribution in [0.4, 0.5) is 0 Å². The molecule has 4 N–H and O–H groups in total. The summed E-state index contributed by atoms with van der Waals surface area (Å²) in [4.78, 5) is 36.6. The van der Waals surface area contributed by atoms with E-state index in [0.717, 1.165) is 36.3 Å². The van der Waals surface area contributed by atoms with Crippen LogP contribution in [-0.4, -0.2) is 77.7 Å². The summed E-state index contributed by atoms with van der Waals surface area (Å²) in [5.41, 5.74) is 7.42. The molecule has 0 bridgehead atoms. The Labute approximate surface area is 206 Å². The number of unbranched alkanes of at least 4 members (excludes halogenated alkanes) is 1. The van der Waals surface area contributed by atoms with Crippen LogP contribution in [0.3, 0.4) is 0 Å². The van der Waals surface area contributed by atoms with Crippen molar-refractivity contribution in [3.05, 3.63) is 47.5 Å². The van der Waals surface area contributed by atoms with E-state index in [0.29, 0.717) is 26.0 Å². The van der Waals surface area contributed by atoms with Crippen molar-refractivity contribution in [2.45, 2.75) is 51.2 Å². The van der Waals surface area contributed by atoms with Gasteiger partial charge in [-0.05, 0) is 37.5 Å². The number of ether oxygens (including phenoxy) is 1. The lowest BCUT2D eigenvalue weighted by atomic mass is 10.0. The van der Waals surface area contributed by atoms with E-state index >= 15 is 0 Å². The summed E-state index contributed by atoms with van der Waals surface area (Å²) in [6.45, 7) is 2.73. The molecule has 0 aliphatic carbocycles. The van der Waals surface area contributed by atoms with Gasteiger partial charge in [-0.15, -0.1) is 0 Å². The average Bonchev–Trinajstić information content (AvgIpc) is 3.17. The van der Waals surface area contributed by atoms with Crippen molar-refractivity contribution in [2.24, 2.45) is 5.73 Å². The first-order valence-corrected chi connectivity index (χ1v) is 13.0. The highest BCUT2D eigenvalue weighted by Crippen LogP contribution is 2.21. The van der Waals surface area contributed by atoms with Gasteiger partial charge in [0.05, 0.1) is 25.3 Å². The fourth-order valence-electron chi connectivity index (χ4n) is 3.70. The van der Waals surface area contributed by atoms with Crippen LogP contribution >= 0.6 is 11.8 Å². The van der Waals surface area contributed by atoms with E-state index in [9.17, 15) is 19.5 Å². The van der Waals surface area contributed by atoms with Crippen molar-refractivity contribution in [3.63, 3.8) is 0 Å². The lowest BCUT2D eigenvalue weighted by molar-refractivity contribution is -0.143. The molecule has 0 unspecified atom stereocenters. The maximum Gasteiger partial charge on any atom is 0.325 e. The van der Waals surface area contributed by atoms with E-state index in [1.54, 1.807) is 11.8 Å². The number of thioether (sulfide) groups is 1. The fraction of sp³-hybridized carbons (Fsp3) is 0.560. The highest BCUT2D eigenvalue weighted by atomic mass is 32.2. The molecular weight excluding hydrogens is 454 g/mol. The van der Waals surface area contributed by atoms with Gasteiger partial charge in [-0.1, -0.05) is 42.0 Å². The number of benzene rings is 1. The van der Waals surface area contributed by atoms with E-state index in [4.69, 9.17) is 10.5 Å². The number of aliphatic hydroxyl groups is 1. The zero-order chi connectivity index (χ0) is 24.8. The molecule has 0 spiro atoms. The fourth-order valence-corrected chi connectivity index (χ4v) is 4.64. The molecule has 1 aliphatic heterocycles. The molecular formula is C25H37N3O5S. The zero-order valence-corrected chi connectivity index (χ0v) is 20.7. The average molecular weight is 492 g/mol. The molecule has 2 amide bonds. The molecule has 2 atom stereocenters. The van der Waals surface area contributed by atoms with Gasteiger partial charge in [-0.3, -0.25) is 14.4 Å². The number of aryl methyl sites for hydroxylation is 1. The number of likely N-dealkylation sites (tertiary alicyclic amines) is 1. The lowest BCUT2D eigenvalue weighted by Crippen LogP contribution is -2.35. The highest BCUT2D eigenvalue weighted by molar-refractivity contribution is 7.99. The van der Waals surface area contributed by atoms with Crippen LogP contribution < -0.4 is 11.1 Å². The van der Waals surface area contributed by atoms with Crippen LogP contribution in [0.25, 0.3) is 0 Å². The first kappa shape index (κ1) is 27.9. The summed E-state index contributed by atoms with van der Waals surface area (Å²) in [7, 11) is 0. The third-order valence-electron chi connectivity index (χ3n) is 5.50. The number of carbonyl (C=O) groups is 3. The third kappa shape index (κ3) is 10.7. The molecule has 0 aromatic heterocycles. The summed E-state index contributed by atoms with van der Waals surface area (Å²) in [6.07, 6.45) is 6.76. The number of hydrogen-bond acceptors (Lipinski definition) is 7. The number of esters is 1. The van der Waals surface area contributed by atoms with Gasteiger partial charge in [-0.25, -0.2) is 0 Å². The number of amides is 2. The van der Waals surface area contributed by atoms with Gasteiger partial charge in [0.15, 0.2) is 0 Å². The summed E-state index contributed by atoms with van der Waals surface area (Å²) in [5, 5.41) is 12.7. The van der Waals surface area contributed by atoms with Crippen molar-refractivity contribution >= 4 is 29.5 Å². The molecule has 1 saturated heterocycles. The summed E-state index contributed by atoms with van der Waals surface area (Å²) in [5.74, 6) is 1.06. The normalized spacial score (nSPS) is 16.7. The molecule has 2 rings (SSSR count). The van der Waals surface area contributed by atoms with E-state index in [1.807, 2.05) is 42.2 Å². The van der Waals surface area contributed by atoms with Crippen molar-refractivity contribution in [2.75, 3.05) is 37.7 Å². The van der Waals surface area contributed by atoms with Crippen molar-refractivity contribution in [3.8, 4) is 0 Å². The number of hydrogen-bond donors (Lipinski definition) is 3. The predicted octanol–water partition coefficient (Wildman–Crippen LogP) is 1.58. The minimum absolute atomic E-state index is 0.0411. The van der Waals surface area contributed by atoms with Crippen LogP contribution in [0.5, 0.6) is 0 Å². The number of rotatable bonds is 15. The predicted molar refractivity (Wildman–Crippen MR) is 134 cm³/mol. The Morgan fingerprint density at radius 2 is 2.18 bits per heavy atom. The first-order valence-electron chi connectivity index (χ1n) is 11.8. The monoisotopic (exact) mass is 491 g/mol. The first-order chi connectivity index (χ1) is 16.4. The molecule has 0 saturated carbocycles. The molecule has 9 heteroatoms. The molecule has 1 aromatic carbocycles. The third-order valence-corrected chi connectivity index (χ3v) is 6.54. The van der Waals surface area contributed by atoms with Crippen LogP contribution in [0.1, 0.15) is 36.8 Å². The highest BCUT2D eigenvalue weighted by Gasteiger charge is 2.28. The molecule has 1 fully saturated rings. The topological polar surface area (TPSA) is 122 Å². The van der Waals surface area contributed by atoms with Gasteiger partial charge in [0, 0.05) is 25.1 Å². The molecule has 188 valence electrons. The van der Waals surface area contributed by atoms with Crippen LogP contribution in [0.15, 0.2) is 36.4 Å². The van der Waals surface area contributed by atoms with Gasteiger partial charge in [0.1, 0.15) is 6.54 Å². The number of nitrogens with zero attached hydrogens (tertiary/aromatic N) is 1. The van der Waals surface area contributed by atoms with E-state index < -0.39 is 12.1 Å². The van der Waals surface area contributed by atoms with E-state index in [-0.39, 0.29) is 30.9 Å². The largest absolute Gasteiger partial charge is 0.464 e. The molecule has 1 heterocycles. The Kier molecular flexibility index (Phi) is 12.7. The summed E-state index contributed by atoms with van der Waals surface area (Å²) in [6, 6.07) is 8.16. The number of carbonyl (C=O) groups excluding carboxylic acids is 3. The molecule has 34 heavy (non-hydrogen) atoms. The number of nitrogens with two attached hydrogens (primary N) is 1. The molecule has 1 aromatic rings. The van der Waals surface area contributed by atoms with Crippen molar-refractivity contribution < 1.29 is 24.2 Å². The second-order valence-corrected chi connectivity index (χ2v) is 9.58. The second kappa shape index (κ2) is 15.5. The zero-order valence-electron chi connectivity index (χ0n) is 19.9. The number of nitrogens with one attached hydrogen (secondary N) is 1. The minimum atomic E-state index is -0.570. The number of aliphatic hydroxyl groups excluding tert-OH is 1. The van der Waals surface area contributed by atoms with Gasteiger partial charge >= 0.3 is 5.97 Å². The van der Waals surface area contributed by atoms with Crippen molar-refractivity contribution in [1.29, 1.82) is 0 Å². The Morgan fingerprint density at radius 1 is 1.35 bits per heavy atom. The van der Waals surface area contributed by atoms with E-state index in [1.165, 1.54) is 5.56 Å². The standard InChI is InChI=1S/C25H37N3O5S/c1-19-5-4-6-20(15-19)16-22(29)9-7-21-8-10-24(31)28(21)11-14-34-13-3-2-12-33-25(32)18-27-23(30)17-26/h4-7,9,15,21-22,29H,2-3,8,10-14,16-18,26H2,1H3,(H,27,30)/t21-,22+/m0/s1. The molecule has 0 radical (unpaired) electrons. The Morgan fingerprint density at radius 3 is 2.94 bits per heavy atom. The quantitative estimate of drug-likeness (QED) is 0.193. The minimum Gasteiger partial charge on any atom is -0.464 e. The molecule has 1 aliphatic rings. The van der Waals surface area contributed by atoms with Crippen LogP contribution in [0, 0.1) is 6.92 Å².